The Bertz CT molecular complexity index is 533. The number of benzene rings is 1. The number of hydrogen-bond donors (Lipinski definition) is 1. The molecule has 1 aromatic rings. The number of carbonyl (C=O) groups excluding carboxylic acids is 1. The molecule has 0 aliphatic heterocycles. The number of aryl methyl sites for hydroxylation is 1. The Hall–Kier alpha value is -1.62. The minimum absolute atomic E-state index is 0.101. The summed E-state index contributed by atoms with van der Waals surface area (Å²) in [6.07, 6.45) is 3.76. The Morgan fingerprint density at radius 2 is 2.10 bits per heavy atom. The van der Waals surface area contributed by atoms with Crippen molar-refractivity contribution in [3.05, 3.63) is 39.4 Å². The van der Waals surface area contributed by atoms with Crippen molar-refractivity contribution in [3.63, 3.8) is 0 Å². The van der Waals surface area contributed by atoms with Crippen molar-refractivity contribution in [3.8, 4) is 0 Å². The predicted molar refractivity (Wildman–Crippen MR) is 77.2 cm³/mol. The number of nitrogens with zero attached hydrogens (tertiary/aromatic N) is 1. The van der Waals surface area contributed by atoms with Gasteiger partial charge in [-0.05, 0) is 25.3 Å². The first-order valence-corrected chi connectivity index (χ1v) is 7.13. The zero-order chi connectivity index (χ0) is 14.7. The number of halogens is 1. The van der Waals surface area contributed by atoms with Crippen LogP contribution in [-0.2, 0) is 0 Å². The van der Waals surface area contributed by atoms with Crippen LogP contribution in [0.15, 0.2) is 18.2 Å². The lowest BCUT2D eigenvalue weighted by atomic mass is 9.94. The maximum Gasteiger partial charge on any atom is 0.282 e. The molecule has 0 heterocycles. The van der Waals surface area contributed by atoms with Gasteiger partial charge in [-0.3, -0.25) is 14.9 Å². The molecule has 20 heavy (non-hydrogen) atoms. The van der Waals surface area contributed by atoms with Crippen LogP contribution in [0.5, 0.6) is 0 Å². The van der Waals surface area contributed by atoms with E-state index in [2.05, 4.69) is 5.32 Å². The summed E-state index contributed by atoms with van der Waals surface area (Å²) in [6, 6.07) is 4.51. The van der Waals surface area contributed by atoms with Crippen LogP contribution in [0.25, 0.3) is 0 Å². The first-order valence-electron chi connectivity index (χ1n) is 6.69. The van der Waals surface area contributed by atoms with Gasteiger partial charge in [0.1, 0.15) is 5.56 Å². The molecular weight excluding hydrogens is 280 g/mol. The zero-order valence-corrected chi connectivity index (χ0v) is 12.0. The highest BCUT2D eigenvalue weighted by Crippen LogP contribution is 2.25. The third-order valence-corrected chi connectivity index (χ3v) is 4.20. The molecule has 2 atom stereocenters. The second kappa shape index (κ2) is 6.22. The van der Waals surface area contributed by atoms with E-state index < -0.39 is 10.8 Å². The fraction of sp³-hybridized carbons (Fsp3) is 0.500. The van der Waals surface area contributed by atoms with E-state index in [1.54, 1.807) is 19.1 Å². The molecule has 1 N–H and O–H groups in total. The number of nitro benzene ring substituents is 1. The summed E-state index contributed by atoms with van der Waals surface area (Å²) in [7, 11) is 0. The largest absolute Gasteiger partial charge is 0.348 e. The molecule has 1 aliphatic rings. The topological polar surface area (TPSA) is 72.2 Å². The second-order valence-electron chi connectivity index (χ2n) is 5.11. The van der Waals surface area contributed by atoms with E-state index in [9.17, 15) is 14.9 Å². The maximum absolute atomic E-state index is 12.3. The molecule has 1 aromatic carbocycles. The smallest absolute Gasteiger partial charge is 0.282 e. The summed E-state index contributed by atoms with van der Waals surface area (Å²) >= 11 is 6.21. The van der Waals surface area contributed by atoms with Crippen molar-refractivity contribution >= 4 is 23.2 Å². The molecule has 1 fully saturated rings. The Kier molecular flexibility index (Phi) is 4.60. The normalized spacial score (nSPS) is 22.3. The number of alkyl halides is 1. The van der Waals surface area contributed by atoms with E-state index in [1.807, 2.05) is 0 Å². The molecule has 0 radical (unpaired) electrons. The zero-order valence-electron chi connectivity index (χ0n) is 11.3. The Balaban J connectivity index is 2.23. The predicted octanol–water partition coefficient (Wildman–Crippen LogP) is 3.18. The Morgan fingerprint density at radius 3 is 2.75 bits per heavy atom. The van der Waals surface area contributed by atoms with E-state index in [0.29, 0.717) is 5.56 Å². The van der Waals surface area contributed by atoms with Gasteiger partial charge >= 0.3 is 0 Å². The van der Waals surface area contributed by atoms with Crippen LogP contribution in [0.3, 0.4) is 0 Å². The van der Waals surface area contributed by atoms with Gasteiger partial charge < -0.3 is 5.32 Å². The quantitative estimate of drug-likeness (QED) is 0.529. The summed E-state index contributed by atoms with van der Waals surface area (Å²) in [4.78, 5) is 22.8. The molecule has 1 amide bonds. The summed E-state index contributed by atoms with van der Waals surface area (Å²) in [5, 5.41) is 13.8. The SMILES string of the molecule is Cc1cccc([N+](=O)[O-])c1C(=O)NC1CCCCC1Cl. The van der Waals surface area contributed by atoms with Crippen LogP contribution < -0.4 is 5.32 Å². The van der Waals surface area contributed by atoms with Gasteiger partial charge in [0.2, 0.25) is 0 Å². The van der Waals surface area contributed by atoms with Gasteiger partial charge in [0.25, 0.3) is 11.6 Å². The first-order chi connectivity index (χ1) is 9.50. The first kappa shape index (κ1) is 14.8. The highest BCUT2D eigenvalue weighted by molar-refractivity contribution is 6.21. The minimum Gasteiger partial charge on any atom is -0.348 e. The summed E-state index contributed by atoms with van der Waals surface area (Å²) in [6.45, 7) is 1.70. The molecule has 1 aliphatic carbocycles. The van der Waals surface area contributed by atoms with Crippen molar-refractivity contribution in [2.75, 3.05) is 0 Å². The third kappa shape index (κ3) is 3.10. The summed E-state index contributed by atoms with van der Waals surface area (Å²) in [5.74, 6) is -0.410. The molecule has 2 rings (SSSR count). The van der Waals surface area contributed by atoms with Crippen LogP contribution >= 0.6 is 11.6 Å². The van der Waals surface area contributed by atoms with Gasteiger partial charge in [-0.15, -0.1) is 11.6 Å². The average molecular weight is 297 g/mol. The van der Waals surface area contributed by atoms with E-state index >= 15 is 0 Å². The van der Waals surface area contributed by atoms with Crippen LogP contribution in [0, 0.1) is 17.0 Å². The molecule has 2 unspecified atom stereocenters. The molecule has 0 bridgehead atoms. The number of carbonyl (C=O) groups is 1. The van der Waals surface area contributed by atoms with Crippen LogP contribution in [0.2, 0.25) is 0 Å². The molecule has 5 nitrogen and oxygen atoms in total. The highest BCUT2D eigenvalue weighted by Gasteiger charge is 2.28. The van der Waals surface area contributed by atoms with E-state index in [1.165, 1.54) is 6.07 Å². The molecule has 1 saturated carbocycles. The van der Waals surface area contributed by atoms with Crippen LogP contribution in [0.1, 0.15) is 41.6 Å². The van der Waals surface area contributed by atoms with Gasteiger partial charge in [0.05, 0.1) is 10.3 Å². The number of amides is 1. The van der Waals surface area contributed by atoms with Gasteiger partial charge in [-0.2, -0.15) is 0 Å². The van der Waals surface area contributed by atoms with Crippen molar-refractivity contribution in [2.45, 2.75) is 44.0 Å². The lowest BCUT2D eigenvalue weighted by molar-refractivity contribution is -0.385. The van der Waals surface area contributed by atoms with Gasteiger partial charge in [-0.1, -0.05) is 25.0 Å². The van der Waals surface area contributed by atoms with Crippen molar-refractivity contribution in [2.24, 2.45) is 0 Å². The lowest BCUT2D eigenvalue weighted by Crippen LogP contribution is -2.43. The maximum atomic E-state index is 12.3. The van der Waals surface area contributed by atoms with E-state index in [4.69, 9.17) is 11.6 Å². The van der Waals surface area contributed by atoms with Crippen LogP contribution in [0.4, 0.5) is 5.69 Å². The van der Waals surface area contributed by atoms with Crippen molar-refractivity contribution in [1.82, 2.24) is 5.32 Å². The van der Waals surface area contributed by atoms with Crippen LogP contribution in [-0.4, -0.2) is 22.2 Å². The summed E-state index contributed by atoms with van der Waals surface area (Å²) in [5.41, 5.74) is 0.565. The van der Waals surface area contributed by atoms with Gasteiger partial charge in [-0.25, -0.2) is 0 Å². The standard InChI is InChI=1S/C14H17ClN2O3/c1-9-5-4-8-12(17(19)20)13(9)14(18)16-11-7-3-2-6-10(11)15/h4-5,8,10-11H,2-3,6-7H2,1H3,(H,16,18). The number of nitro groups is 1. The average Bonchev–Trinajstić information content (AvgIpc) is 2.40. The highest BCUT2D eigenvalue weighted by atomic mass is 35.5. The van der Waals surface area contributed by atoms with Crippen molar-refractivity contribution in [1.29, 1.82) is 0 Å². The molecule has 0 aromatic heterocycles. The lowest BCUT2D eigenvalue weighted by Gasteiger charge is -2.28. The number of nitrogens with one attached hydrogen (secondary N) is 1. The second-order valence-corrected chi connectivity index (χ2v) is 5.67. The molecule has 108 valence electrons. The number of hydrogen-bond acceptors (Lipinski definition) is 3. The number of rotatable bonds is 3. The monoisotopic (exact) mass is 296 g/mol. The fourth-order valence-corrected chi connectivity index (χ4v) is 2.93. The third-order valence-electron chi connectivity index (χ3n) is 3.67. The molecule has 0 spiro atoms. The fourth-order valence-electron chi connectivity index (χ4n) is 2.59. The molecule has 6 heteroatoms. The molecule has 0 saturated heterocycles. The minimum atomic E-state index is -0.527. The van der Waals surface area contributed by atoms with Crippen molar-refractivity contribution < 1.29 is 9.72 Å². The van der Waals surface area contributed by atoms with Gasteiger partial charge in [0, 0.05) is 12.1 Å². The van der Waals surface area contributed by atoms with Gasteiger partial charge in [0.15, 0.2) is 0 Å². The Morgan fingerprint density at radius 1 is 1.40 bits per heavy atom. The summed E-state index contributed by atoms with van der Waals surface area (Å²) < 4.78 is 0. The van der Waals surface area contributed by atoms with E-state index in [0.717, 1.165) is 25.7 Å². The van der Waals surface area contributed by atoms with E-state index in [-0.39, 0.29) is 22.7 Å². The Labute approximate surface area is 122 Å². The molecular formula is C14H17ClN2O3.